The van der Waals surface area contributed by atoms with Gasteiger partial charge < -0.3 is 15.0 Å². The van der Waals surface area contributed by atoms with Crippen LogP contribution < -0.4 is 5.32 Å². The van der Waals surface area contributed by atoms with Crippen LogP contribution in [-0.4, -0.2) is 66.4 Å². The molecule has 3 unspecified atom stereocenters. The molecule has 0 bridgehead atoms. The predicted molar refractivity (Wildman–Crippen MR) is 116 cm³/mol. The Morgan fingerprint density at radius 2 is 1.74 bits per heavy atom. The molecule has 1 N–H and O–H groups in total. The lowest BCUT2D eigenvalue weighted by Gasteiger charge is -2.32. The van der Waals surface area contributed by atoms with E-state index in [4.69, 9.17) is 4.74 Å². The van der Waals surface area contributed by atoms with Crippen molar-refractivity contribution in [1.29, 1.82) is 0 Å². The van der Waals surface area contributed by atoms with Crippen LogP contribution in [0.15, 0.2) is 24.3 Å². The second-order valence-electron chi connectivity index (χ2n) is 9.03. The van der Waals surface area contributed by atoms with Crippen molar-refractivity contribution in [3.05, 3.63) is 35.4 Å². The Morgan fingerprint density at radius 3 is 2.45 bits per heavy atom. The number of esters is 1. The number of nitrogens with zero attached hydrogens (tertiary/aromatic N) is 2. The number of fused-ring (bicyclic) bond motifs is 1. The van der Waals surface area contributed by atoms with Crippen LogP contribution in [-0.2, 0) is 20.9 Å². The molecule has 31 heavy (non-hydrogen) atoms. The first-order valence-electron chi connectivity index (χ1n) is 11.6. The van der Waals surface area contributed by atoms with E-state index in [0.29, 0.717) is 24.1 Å². The largest absolute Gasteiger partial charge is 0.468 e. The average molecular weight is 428 g/mol. The average Bonchev–Trinajstić information content (AvgIpc) is 3.46. The standard InChI is InChI=1S/C24H33N3O4/c1-31-24(30)21-14-19-6-2-3-7-20(19)27(21)16-22(28)25-15-17-8-10-18(11-9-17)23(29)26-12-4-5-13-26/h8-11,19-21H,2-7,12-16H2,1H3,(H,25,28). The van der Waals surface area contributed by atoms with E-state index >= 15 is 0 Å². The molecule has 1 saturated carbocycles. The summed E-state index contributed by atoms with van der Waals surface area (Å²) in [6.07, 6.45) is 7.45. The summed E-state index contributed by atoms with van der Waals surface area (Å²) < 4.78 is 5.01. The number of ether oxygens (including phenoxy) is 1. The highest BCUT2D eigenvalue weighted by molar-refractivity contribution is 5.94. The third-order valence-corrected chi connectivity index (χ3v) is 7.10. The fourth-order valence-electron chi connectivity index (χ4n) is 5.44. The molecule has 3 atom stereocenters. The molecule has 0 aromatic heterocycles. The van der Waals surface area contributed by atoms with Crippen LogP contribution in [0.2, 0.25) is 0 Å². The van der Waals surface area contributed by atoms with E-state index in [1.807, 2.05) is 29.2 Å². The normalized spacial score (nSPS) is 25.8. The SMILES string of the molecule is COC(=O)C1CC2CCCCC2N1CC(=O)NCc1ccc(C(=O)N2CCCC2)cc1. The number of hydrogen-bond donors (Lipinski definition) is 1. The molecule has 1 aromatic carbocycles. The number of nitrogens with one attached hydrogen (secondary N) is 1. The van der Waals surface area contributed by atoms with Gasteiger partial charge in [-0.2, -0.15) is 0 Å². The summed E-state index contributed by atoms with van der Waals surface area (Å²) in [5.74, 6) is 0.238. The predicted octanol–water partition coefficient (Wildman–Crippen LogP) is 2.34. The van der Waals surface area contributed by atoms with E-state index in [-0.39, 0.29) is 30.4 Å². The summed E-state index contributed by atoms with van der Waals surface area (Å²) in [5, 5.41) is 2.97. The maximum absolute atomic E-state index is 12.7. The third kappa shape index (κ3) is 4.92. The third-order valence-electron chi connectivity index (χ3n) is 7.10. The first kappa shape index (κ1) is 21.8. The van der Waals surface area contributed by atoms with Crippen molar-refractivity contribution in [2.24, 2.45) is 5.92 Å². The van der Waals surface area contributed by atoms with Crippen LogP contribution >= 0.6 is 0 Å². The zero-order valence-electron chi connectivity index (χ0n) is 18.3. The van der Waals surface area contributed by atoms with Crippen molar-refractivity contribution in [3.8, 4) is 0 Å². The monoisotopic (exact) mass is 427 g/mol. The van der Waals surface area contributed by atoms with Gasteiger partial charge in [-0.05, 0) is 55.7 Å². The molecule has 1 aliphatic carbocycles. The number of amides is 2. The van der Waals surface area contributed by atoms with Crippen molar-refractivity contribution in [3.63, 3.8) is 0 Å². The van der Waals surface area contributed by atoms with E-state index in [1.54, 1.807) is 0 Å². The van der Waals surface area contributed by atoms with Crippen LogP contribution in [0.1, 0.15) is 60.9 Å². The summed E-state index contributed by atoms with van der Waals surface area (Å²) in [7, 11) is 1.42. The number of methoxy groups -OCH3 is 1. The van der Waals surface area contributed by atoms with Gasteiger partial charge in [0, 0.05) is 31.2 Å². The summed E-state index contributed by atoms with van der Waals surface area (Å²) >= 11 is 0. The van der Waals surface area contributed by atoms with Crippen LogP contribution in [0.4, 0.5) is 0 Å². The summed E-state index contributed by atoms with van der Waals surface area (Å²) in [6, 6.07) is 7.44. The van der Waals surface area contributed by atoms with Gasteiger partial charge in [0.05, 0.1) is 13.7 Å². The fourth-order valence-corrected chi connectivity index (χ4v) is 5.44. The minimum atomic E-state index is -0.320. The van der Waals surface area contributed by atoms with Gasteiger partial charge in [0.25, 0.3) is 5.91 Å². The summed E-state index contributed by atoms with van der Waals surface area (Å²) in [4.78, 5) is 41.4. The molecule has 3 aliphatic rings. The number of likely N-dealkylation sites (tertiary alicyclic amines) is 2. The van der Waals surface area contributed by atoms with E-state index in [1.165, 1.54) is 13.5 Å². The van der Waals surface area contributed by atoms with Crippen molar-refractivity contribution < 1.29 is 19.1 Å². The summed E-state index contributed by atoms with van der Waals surface area (Å²) in [5.41, 5.74) is 1.64. The Morgan fingerprint density at radius 1 is 1.03 bits per heavy atom. The van der Waals surface area contributed by atoms with Gasteiger partial charge in [-0.3, -0.25) is 19.3 Å². The number of carbonyl (C=O) groups excluding carboxylic acids is 3. The number of benzene rings is 1. The first-order valence-corrected chi connectivity index (χ1v) is 11.6. The molecule has 7 nitrogen and oxygen atoms in total. The van der Waals surface area contributed by atoms with Crippen LogP contribution in [0.25, 0.3) is 0 Å². The molecule has 0 radical (unpaired) electrons. The Hall–Kier alpha value is -2.41. The molecule has 1 aromatic rings. The molecule has 0 spiro atoms. The van der Waals surface area contributed by atoms with Gasteiger partial charge >= 0.3 is 5.97 Å². The molecule has 7 heteroatoms. The van der Waals surface area contributed by atoms with E-state index in [2.05, 4.69) is 10.2 Å². The minimum Gasteiger partial charge on any atom is -0.468 e. The highest BCUT2D eigenvalue weighted by Crippen LogP contribution is 2.39. The van der Waals surface area contributed by atoms with E-state index in [0.717, 1.165) is 57.2 Å². The van der Waals surface area contributed by atoms with E-state index in [9.17, 15) is 14.4 Å². The Labute approximate surface area is 184 Å². The van der Waals surface area contributed by atoms with Crippen molar-refractivity contribution in [1.82, 2.24) is 15.1 Å². The number of rotatable bonds is 6. The number of carbonyl (C=O) groups is 3. The van der Waals surface area contributed by atoms with Gasteiger partial charge in [0.1, 0.15) is 6.04 Å². The fraction of sp³-hybridized carbons (Fsp3) is 0.625. The van der Waals surface area contributed by atoms with Gasteiger partial charge in [-0.25, -0.2) is 0 Å². The molecule has 3 fully saturated rings. The maximum atomic E-state index is 12.7. The van der Waals surface area contributed by atoms with Crippen molar-refractivity contribution >= 4 is 17.8 Å². The highest BCUT2D eigenvalue weighted by atomic mass is 16.5. The molecule has 2 heterocycles. The molecule has 4 rings (SSSR count). The molecular weight excluding hydrogens is 394 g/mol. The lowest BCUT2D eigenvalue weighted by atomic mass is 9.85. The van der Waals surface area contributed by atoms with Crippen LogP contribution in [0, 0.1) is 5.92 Å². The second kappa shape index (κ2) is 9.81. The Kier molecular flexibility index (Phi) is 6.90. The van der Waals surface area contributed by atoms with Crippen molar-refractivity contribution in [2.45, 2.75) is 63.6 Å². The van der Waals surface area contributed by atoms with E-state index < -0.39 is 0 Å². The van der Waals surface area contributed by atoms with Gasteiger partial charge in [0.15, 0.2) is 0 Å². The smallest absolute Gasteiger partial charge is 0.323 e. The Balaban J connectivity index is 1.31. The molecule has 2 saturated heterocycles. The zero-order chi connectivity index (χ0) is 21.8. The second-order valence-corrected chi connectivity index (χ2v) is 9.03. The van der Waals surface area contributed by atoms with Gasteiger partial charge in [-0.1, -0.05) is 25.0 Å². The molecule has 2 amide bonds. The lowest BCUT2D eigenvalue weighted by molar-refractivity contribution is -0.146. The van der Waals surface area contributed by atoms with Gasteiger partial charge in [0.2, 0.25) is 5.91 Å². The molecule has 168 valence electrons. The number of hydrogen-bond acceptors (Lipinski definition) is 5. The minimum absolute atomic E-state index is 0.0815. The topological polar surface area (TPSA) is 79.0 Å². The highest BCUT2D eigenvalue weighted by Gasteiger charge is 2.46. The van der Waals surface area contributed by atoms with Gasteiger partial charge in [-0.15, -0.1) is 0 Å². The van der Waals surface area contributed by atoms with Crippen LogP contribution in [0.5, 0.6) is 0 Å². The van der Waals surface area contributed by atoms with Crippen LogP contribution in [0.3, 0.4) is 0 Å². The lowest BCUT2D eigenvalue weighted by Crippen LogP contribution is -2.47. The maximum Gasteiger partial charge on any atom is 0.323 e. The quantitative estimate of drug-likeness (QED) is 0.705. The zero-order valence-corrected chi connectivity index (χ0v) is 18.3. The Bertz CT molecular complexity index is 804. The first-order chi connectivity index (χ1) is 15.1. The molecule has 2 aliphatic heterocycles. The van der Waals surface area contributed by atoms with Crippen molar-refractivity contribution in [2.75, 3.05) is 26.7 Å². The summed E-state index contributed by atoms with van der Waals surface area (Å²) in [6.45, 7) is 2.29. The molecular formula is C24H33N3O4.